The zero-order valence-electron chi connectivity index (χ0n) is 15.7. The molecule has 0 aliphatic carbocycles. The van der Waals surface area contributed by atoms with Crippen molar-refractivity contribution in [1.82, 2.24) is 19.5 Å². The molecule has 140 valence electrons. The number of anilines is 1. The first-order valence-corrected chi connectivity index (χ1v) is 10.5. The summed E-state index contributed by atoms with van der Waals surface area (Å²) >= 11 is 1.74. The maximum absolute atomic E-state index is 4.87. The van der Waals surface area contributed by atoms with Gasteiger partial charge >= 0.3 is 0 Å². The second kappa shape index (κ2) is 8.57. The summed E-state index contributed by atoms with van der Waals surface area (Å²) in [6, 6.07) is 10.5. The van der Waals surface area contributed by atoms with Gasteiger partial charge < -0.3 is 9.47 Å². The van der Waals surface area contributed by atoms with Crippen molar-refractivity contribution in [2.24, 2.45) is 13.0 Å². The largest absolute Gasteiger partial charge is 0.355 e. The Balaban J connectivity index is 1.39. The second-order valence-electron chi connectivity index (χ2n) is 7.10. The van der Waals surface area contributed by atoms with E-state index in [4.69, 9.17) is 4.98 Å². The number of aromatic nitrogens is 4. The zero-order valence-corrected chi connectivity index (χ0v) is 16.5. The molecule has 27 heavy (non-hydrogen) atoms. The fourth-order valence-corrected chi connectivity index (χ4v) is 4.38. The number of imidazole rings is 1. The highest BCUT2D eigenvalue weighted by Crippen LogP contribution is 2.26. The predicted octanol–water partition coefficient (Wildman–Crippen LogP) is 3.96. The van der Waals surface area contributed by atoms with E-state index in [0.717, 1.165) is 36.1 Å². The molecule has 1 unspecified atom stereocenters. The van der Waals surface area contributed by atoms with E-state index >= 15 is 0 Å². The van der Waals surface area contributed by atoms with E-state index in [0.29, 0.717) is 5.92 Å². The van der Waals surface area contributed by atoms with Crippen LogP contribution >= 0.6 is 11.8 Å². The number of hydrogen-bond acceptors (Lipinski definition) is 5. The Kier molecular flexibility index (Phi) is 5.72. The van der Waals surface area contributed by atoms with Crippen molar-refractivity contribution in [1.29, 1.82) is 0 Å². The quantitative estimate of drug-likeness (QED) is 0.607. The van der Waals surface area contributed by atoms with Gasteiger partial charge in [0.2, 0.25) is 0 Å². The Bertz CT molecular complexity index is 864. The summed E-state index contributed by atoms with van der Waals surface area (Å²) in [5, 5.41) is 0.988. The van der Waals surface area contributed by atoms with Crippen molar-refractivity contribution in [2.45, 2.75) is 30.0 Å². The van der Waals surface area contributed by atoms with Crippen LogP contribution in [-0.2, 0) is 19.2 Å². The lowest BCUT2D eigenvalue weighted by Crippen LogP contribution is -2.37. The predicted molar refractivity (Wildman–Crippen MR) is 110 cm³/mol. The molecule has 6 heteroatoms. The first kappa shape index (κ1) is 18.0. The second-order valence-corrected chi connectivity index (χ2v) is 8.10. The van der Waals surface area contributed by atoms with E-state index in [1.54, 1.807) is 11.8 Å². The minimum absolute atomic E-state index is 0.613. The van der Waals surface area contributed by atoms with Gasteiger partial charge in [-0.2, -0.15) is 0 Å². The Morgan fingerprint density at radius 3 is 2.89 bits per heavy atom. The van der Waals surface area contributed by atoms with Crippen LogP contribution in [0.4, 0.5) is 5.82 Å². The molecule has 1 saturated heterocycles. The summed E-state index contributed by atoms with van der Waals surface area (Å²) in [4.78, 5) is 16.2. The summed E-state index contributed by atoms with van der Waals surface area (Å²) in [5.74, 6) is 3.70. The van der Waals surface area contributed by atoms with Gasteiger partial charge in [0.15, 0.2) is 0 Å². The molecule has 3 heterocycles. The third-order valence-electron chi connectivity index (χ3n) is 5.06. The SMILES string of the molecule is Cn1ccnc1CC1CCCN(c2cncc(SCc3ccccc3)n2)C1. The third kappa shape index (κ3) is 4.69. The van der Waals surface area contributed by atoms with Crippen molar-refractivity contribution in [2.75, 3.05) is 18.0 Å². The Morgan fingerprint density at radius 1 is 1.19 bits per heavy atom. The van der Waals surface area contributed by atoms with E-state index in [1.165, 1.54) is 24.2 Å². The van der Waals surface area contributed by atoms with Crippen LogP contribution in [0.1, 0.15) is 24.2 Å². The molecule has 0 spiro atoms. The number of nitrogens with zero attached hydrogens (tertiary/aromatic N) is 5. The van der Waals surface area contributed by atoms with Crippen molar-refractivity contribution >= 4 is 17.6 Å². The number of piperidine rings is 1. The third-order valence-corrected chi connectivity index (χ3v) is 6.03. The van der Waals surface area contributed by atoms with Crippen LogP contribution in [0.2, 0.25) is 0 Å². The van der Waals surface area contributed by atoms with Gasteiger partial charge in [0.1, 0.15) is 16.7 Å². The molecule has 1 aromatic carbocycles. The van der Waals surface area contributed by atoms with Crippen LogP contribution in [0.5, 0.6) is 0 Å². The Hall–Kier alpha value is -2.34. The Labute approximate surface area is 164 Å². The molecule has 0 N–H and O–H groups in total. The smallest absolute Gasteiger partial charge is 0.148 e. The zero-order chi connectivity index (χ0) is 18.5. The highest BCUT2D eigenvalue weighted by molar-refractivity contribution is 7.98. The van der Waals surface area contributed by atoms with Gasteiger partial charge in [-0.1, -0.05) is 30.3 Å². The molecule has 0 bridgehead atoms. The normalized spacial score (nSPS) is 17.2. The first-order chi connectivity index (χ1) is 13.3. The highest BCUT2D eigenvalue weighted by atomic mass is 32.2. The molecule has 1 aliphatic rings. The van der Waals surface area contributed by atoms with Crippen molar-refractivity contribution in [3.63, 3.8) is 0 Å². The van der Waals surface area contributed by atoms with Gasteiger partial charge in [0.05, 0.1) is 12.4 Å². The maximum atomic E-state index is 4.87. The van der Waals surface area contributed by atoms with Gasteiger partial charge in [0, 0.05) is 44.7 Å². The van der Waals surface area contributed by atoms with Gasteiger partial charge in [-0.15, -0.1) is 11.8 Å². The van der Waals surface area contributed by atoms with Crippen LogP contribution in [0, 0.1) is 5.92 Å². The maximum Gasteiger partial charge on any atom is 0.148 e. The molecule has 0 saturated carbocycles. The standard InChI is InChI=1S/C21H25N5S/c1-25-11-9-23-19(25)12-18-8-5-10-26(15-18)20-13-22-14-21(24-20)27-16-17-6-3-2-4-7-17/h2-4,6-7,9,11,13-14,18H,5,8,10,12,15-16H2,1H3. The lowest BCUT2D eigenvalue weighted by atomic mass is 9.94. The fourth-order valence-electron chi connectivity index (χ4n) is 3.58. The van der Waals surface area contributed by atoms with Gasteiger partial charge in [-0.05, 0) is 24.3 Å². The molecular weight excluding hydrogens is 354 g/mol. The minimum atomic E-state index is 0.613. The molecule has 1 fully saturated rings. The number of hydrogen-bond donors (Lipinski definition) is 0. The van der Waals surface area contributed by atoms with Crippen LogP contribution in [0.3, 0.4) is 0 Å². The van der Waals surface area contributed by atoms with Crippen molar-refractivity contribution < 1.29 is 0 Å². The van der Waals surface area contributed by atoms with Crippen LogP contribution in [0.25, 0.3) is 0 Å². The number of thioether (sulfide) groups is 1. The average molecular weight is 380 g/mol. The number of benzene rings is 1. The van der Waals surface area contributed by atoms with Crippen LogP contribution < -0.4 is 4.90 Å². The number of rotatable bonds is 6. The number of aryl methyl sites for hydroxylation is 1. The lowest BCUT2D eigenvalue weighted by Gasteiger charge is -2.33. The van der Waals surface area contributed by atoms with E-state index in [-0.39, 0.29) is 0 Å². The average Bonchev–Trinajstić information content (AvgIpc) is 3.12. The van der Waals surface area contributed by atoms with E-state index in [1.807, 2.05) is 30.9 Å². The van der Waals surface area contributed by atoms with E-state index in [2.05, 4.69) is 50.7 Å². The molecule has 5 nitrogen and oxygen atoms in total. The van der Waals surface area contributed by atoms with Gasteiger partial charge in [-0.3, -0.25) is 4.98 Å². The Morgan fingerprint density at radius 2 is 2.07 bits per heavy atom. The summed E-state index contributed by atoms with van der Waals surface area (Å²) in [5.41, 5.74) is 1.31. The lowest BCUT2D eigenvalue weighted by molar-refractivity contribution is 0.401. The van der Waals surface area contributed by atoms with Crippen LogP contribution in [0.15, 0.2) is 60.1 Å². The minimum Gasteiger partial charge on any atom is -0.355 e. The summed E-state index contributed by atoms with van der Waals surface area (Å²) in [7, 11) is 2.07. The first-order valence-electron chi connectivity index (χ1n) is 9.48. The monoisotopic (exact) mass is 379 g/mol. The highest BCUT2D eigenvalue weighted by Gasteiger charge is 2.22. The fraction of sp³-hybridized carbons (Fsp3) is 0.381. The molecule has 3 aromatic rings. The van der Waals surface area contributed by atoms with Crippen LogP contribution in [-0.4, -0.2) is 32.6 Å². The molecule has 4 rings (SSSR count). The van der Waals surface area contributed by atoms with E-state index in [9.17, 15) is 0 Å². The summed E-state index contributed by atoms with van der Waals surface area (Å²) in [6.45, 7) is 2.08. The van der Waals surface area contributed by atoms with Gasteiger partial charge in [0.25, 0.3) is 0 Å². The molecule has 2 aromatic heterocycles. The molecule has 1 atom stereocenters. The van der Waals surface area contributed by atoms with Gasteiger partial charge in [-0.25, -0.2) is 9.97 Å². The molecule has 1 aliphatic heterocycles. The molecule has 0 amide bonds. The van der Waals surface area contributed by atoms with Crippen molar-refractivity contribution in [3.05, 3.63) is 66.5 Å². The topological polar surface area (TPSA) is 46.8 Å². The van der Waals surface area contributed by atoms with Crippen molar-refractivity contribution in [3.8, 4) is 0 Å². The molecular formula is C21H25N5S. The molecule has 0 radical (unpaired) electrons. The van der Waals surface area contributed by atoms with E-state index < -0.39 is 0 Å². The summed E-state index contributed by atoms with van der Waals surface area (Å²) < 4.78 is 2.12. The summed E-state index contributed by atoms with van der Waals surface area (Å²) in [6.07, 6.45) is 11.1.